The Bertz CT molecular complexity index is 605. The average Bonchev–Trinajstić information content (AvgIpc) is 2.46. The zero-order valence-corrected chi connectivity index (χ0v) is 12.5. The molecule has 3 nitrogen and oxygen atoms in total. The van der Waals surface area contributed by atoms with Crippen LogP contribution in [0.5, 0.6) is 5.75 Å². The third-order valence-electron chi connectivity index (χ3n) is 3.09. The highest BCUT2D eigenvalue weighted by Crippen LogP contribution is 2.15. The quantitative estimate of drug-likeness (QED) is 0.782. The highest BCUT2D eigenvalue weighted by molar-refractivity contribution is 5.82. The summed E-state index contributed by atoms with van der Waals surface area (Å²) in [6.07, 6.45) is 0.395. The Kier molecular flexibility index (Phi) is 5.52. The average molecular weight is 284 g/mol. The number of carbonyl (C=O) groups excluding carboxylic acids is 1. The first kappa shape index (κ1) is 15.3. The van der Waals surface area contributed by atoms with Gasteiger partial charge in [-0.15, -0.1) is 0 Å². The van der Waals surface area contributed by atoms with Crippen LogP contribution in [0.1, 0.15) is 16.7 Å². The van der Waals surface area contributed by atoms with Crippen molar-refractivity contribution in [3.8, 4) is 5.75 Å². The lowest BCUT2D eigenvalue weighted by Crippen LogP contribution is -2.10. The van der Waals surface area contributed by atoms with Crippen molar-refractivity contribution in [2.24, 2.45) is 0 Å². The lowest BCUT2D eigenvalue weighted by atomic mass is 10.1. The summed E-state index contributed by atoms with van der Waals surface area (Å²) < 4.78 is 10.6. The molecule has 0 saturated heterocycles. The zero-order chi connectivity index (χ0) is 15.1. The van der Waals surface area contributed by atoms with E-state index in [1.54, 1.807) is 0 Å². The van der Waals surface area contributed by atoms with E-state index >= 15 is 0 Å². The molecule has 2 aromatic rings. The normalized spacial score (nSPS) is 10.4. The summed E-state index contributed by atoms with van der Waals surface area (Å²) in [5.74, 6) is 0.935. The van der Waals surface area contributed by atoms with Gasteiger partial charge in [0.2, 0.25) is 0 Å². The number of rotatable bonds is 7. The van der Waals surface area contributed by atoms with Gasteiger partial charge in [0, 0.05) is 13.5 Å². The maximum atomic E-state index is 11.6. The molecule has 0 radical (unpaired) electrons. The van der Waals surface area contributed by atoms with Crippen molar-refractivity contribution in [1.29, 1.82) is 0 Å². The van der Waals surface area contributed by atoms with E-state index in [0.717, 1.165) is 16.9 Å². The van der Waals surface area contributed by atoms with Crippen LogP contribution >= 0.6 is 0 Å². The number of hydrogen-bond acceptors (Lipinski definition) is 3. The van der Waals surface area contributed by atoms with E-state index in [1.807, 2.05) is 55.5 Å². The second kappa shape index (κ2) is 7.60. The smallest absolute Gasteiger partial charge is 0.162 e. The van der Waals surface area contributed by atoms with Gasteiger partial charge in [0.15, 0.2) is 5.78 Å². The van der Waals surface area contributed by atoms with Crippen LogP contribution in [0.4, 0.5) is 0 Å². The summed E-state index contributed by atoms with van der Waals surface area (Å²) in [7, 11) is 1.53. The third-order valence-corrected chi connectivity index (χ3v) is 3.09. The Morgan fingerprint density at radius 1 is 1.05 bits per heavy atom. The van der Waals surface area contributed by atoms with Crippen molar-refractivity contribution in [2.45, 2.75) is 20.0 Å². The molecule has 0 aliphatic rings. The first-order valence-electron chi connectivity index (χ1n) is 6.95. The van der Waals surface area contributed by atoms with Crippen molar-refractivity contribution in [3.05, 3.63) is 65.2 Å². The van der Waals surface area contributed by atoms with E-state index in [2.05, 4.69) is 0 Å². The van der Waals surface area contributed by atoms with E-state index < -0.39 is 0 Å². The standard InChI is InChI=1S/C18H20O3/c1-14-5-3-8-18(9-14)21-12-16-7-4-6-15(10-16)11-17(19)13-20-2/h3-10H,11-13H2,1-2H3. The van der Waals surface area contributed by atoms with Gasteiger partial charge in [-0.25, -0.2) is 0 Å². The van der Waals surface area contributed by atoms with Gasteiger partial charge in [-0.2, -0.15) is 0 Å². The van der Waals surface area contributed by atoms with E-state index in [-0.39, 0.29) is 12.4 Å². The Labute approximate surface area is 125 Å². The predicted molar refractivity (Wildman–Crippen MR) is 82.5 cm³/mol. The van der Waals surface area contributed by atoms with Crippen LogP contribution in [0.15, 0.2) is 48.5 Å². The van der Waals surface area contributed by atoms with Crippen LogP contribution in [0.2, 0.25) is 0 Å². The number of Topliss-reactive ketones (excluding diaryl/α,β-unsaturated/α-hetero) is 1. The topological polar surface area (TPSA) is 35.5 Å². The molecule has 2 rings (SSSR count). The number of methoxy groups -OCH3 is 1. The summed E-state index contributed by atoms with van der Waals surface area (Å²) in [6, 6.07) is 15.9. The molecular weight excluding hydrogens is 264 g/mol. The summed E-state index contributed by atoms with van der Waals surface area (Å²) in [5, 5.41) is 0. The van der Waals surface area contributed by atoms with Crippen molar-refractivity contribution in [1.82, 2.24) is 0 Å². The molecule has 0 saturated carbocycles. The molecule has 0 fully saturated rings. The van der Waals surface area contributed by atoms with E-state index in [1.165, 1.54) is 12.7 Å². The molecule has 3 heteroatoms. The second-order valence-corrected chi connectivity index (χ2v) is 5.07. The Hall–Kier alpha value is -2.13. The summed E-state index contributed by atoms with van der Waals surface area (Å²) in [4.78, 5) is 11.6. The van der Waals surface area contributed by atoms with E-state index in [4.69, 9.17) is 9.47 Å². The number of ether oxygens (including phenoxy) is 2. The van der Waals surface area contributed by atoms with Crippen LogP contribution in [-0.2, 0) is 22.6 Å². The SMILES string of the molecule is COCC(=O)Cc1cccc(COc2cccc(C)c2)c1. The summed E-state index contributed by atoms with van der Waals surface area (Å²) >= 11 is 0. The van der Waals surface area contributed by atoms with Crippen LogP contribution in [0.25, 0.3) is 0 Å². The number of aryl methyl sites for hydroxylation is 1. The van der Waals surface area contributed by atoms with Gasteiger partial charge in [-0.1, -0.05) is 36.4 Å². The minimum absolute atomic E-state index is 0.0780. The van der Waals surface area contributed by atoms with Crippen molar-refractivity contribution in [2.75, 3.05) is 13.7 Å². The molecule has 0 spiro atoms. The van der Waals surface area contributed by atoms with Gasteiger partial charge in [-0.3, -0.25) is 4.79 Å². The molecule has 0 heterocycles. The van der Waals surface area contributed by atoms with Gasteiger partial charge < -0.3 is 9.47 Å². The fourth-order valence-corrected chi connectivity index (χ4v) is 2.14. The Morgan fingerprint density at radius 3 is 2.57 bits per heavy atom. The highest BCUT2D eigenvalue weighted by Gasteiger charge is 2.04. The predicted octanol–water partition coefficient (Wildman–Crippen LogP) is 3.33. The first-order valence-corrected chi connectivity index (χ1v) is 6.95. The number of hydrogen-bond donors (Lipinski definition) is 0. The van der Waals surface area contributed by atoms with Crippen LogP contribution in [-0.4, -0.2) is 19.5 Å². The highest BCUT2D eigenvalue weighted by atomic mass is 16.5. The zero-order valence-electron chi connectivity index (χ0n) is 12.5. The number of ketones is 1. The maximum Gasteiger partial charge on any atom is 0.162 e. The molecule has 0 aliphatic carbocycles. The molecule has 0 aliphatic heterocycles. The molecule has 0 unspecified atom stereocenters. The monoisotopic (exact) mass is 284 g/mol. The minimum Gasteiger partial charge on any atom is -0.489 e. The van der Waals surface area contributed by atoms with Gasteiger partial charge >= 0.3 is 0 Å². The largest absolute Gasteiger partial charge is 0.489 e. The van der Waals surface area contributed by atoms with E-state index in [0.29, 0.717) is 13.0 Å². The van der Waals surface area contributed by atoms with Crippen molar-refractivity contribution >= 4 is 5.78 Å². The van der Waals surface area contributed by atoms with Crippen LogP contribution in [0.3, 0.4) is 0 Å². The van der Waals surface area contributed by atoms with Gasteiger partial charge in [-0.05, 0) is 35.7 Å². The lowest BCUT2D eigenvalue weighted by Gasteiger charge is -2.08. The lowest BCUT2D eigenvalue weighted by molar-refractivity contribution is -0.121. The third kappa shape index (κ3) is 5.04. The molecule has 2 aromatic carbocycles. The Morgan fingerprint density at radius 2 is 1.81 bits per heavy atom. The molecule has 110 valence electrons. The van der Waals surface area contributed by atoms with Gasteiger partial charge in [0.1, 0.15) is 19.0 Å². The maximum absolute atomic E-state index is 11.6. The van der Waals surface area contributed by atoms with Gasteiger partial charge in [0.25, 0.3) is 0 Å². The van der Waals surface area contributed by atoms with E-state index in [9.17, 15) is 4.79 Å². The second-order valence-electron chi connectivity index (χ2n) is 5.07. The number of benzene rings is 2. The molecule has 0 aromatic heterocycles. The number of carbonyl (C=O) groups is 1. The van der Waals surface area contributed by atoms with Gasteiger partial charge in [0.05, 0.1) is 0 Å². The fourth-order valence-electron chi connectivity index (χ4n) is 2.14. The molecular formula is C18H20O3. The summed E-state index contributed by atoms with van der Waals surface area (Å²) in [6.45, 7) is 2.69. The molecule has 0 N–H and O–H groups in total. The van der Waals surface area contributed by atoms with Crippen molar-refractivity contribution in [3.63, 3.8) is 0 Å². The van der Waals surface area contributed by atoms with Crippen LogP contribution in [0, 0.1) is 6.92 Å². The molecule has 0 bridgehead atoms. The molecule has 21 heavy (non-hydrogen) atoms. The minimum atomic E-state index is 0.0780. The van der Waals surface area contributed by atoms with Crippen LogP contribution < -0.4 is 4.74 Å². The molecule has 0 amide bonds. The summed E-state index contributed by atoms with van der Waals surface area (Å²) in [5.41, 5.74) is 3.22. The fraction of sp³-hybridized carbons (Fsp3) is 0.278. The first-order chi connectivity index (χ1) is 10.2. The molecule has 0 atom stereocenters. The Balaban J connectivity index is 1.96. The van der Waals surface area contributed by atoms with Crippen molar-refractivity contribution < 1.29 is 14.3 Å².